The van der Waals surface area contributed by atoms with Gasteiger partial charge in [-0.25, -0.2) is 0 Å². The molecule has 1 N–H and O–H groups in total. The average molecular weight is 261 g/mol. The van der Waals surface area contributed by atoms with Gasteiger partial charge in [0, 0.05) is 12.0 Å². The van der Waals surface area contributed by atoms with Gasteiger partial charge in [0.05, 0.1) is 6.10 Å². The molecule has 0 aliphatic carbocycles. The fourth-order valence-electron chi connectivity index (χ4n) is 2.91. The predicted molar refractivity (Wildman–Crippen MR) is 80.5 cm³/mol. The third-order valence-corrected chi connectivity index (χ3v) is 4.74. The highest BCUT2D eigenvalue weighted by Crippen LogP contribution is 2.26. The van der Waals surface area contributed by atoms with E-state index in [9.17, 15) is 5.11 Å². The Morgan fingerprint density at radius 1 is 1.16 bits per heavy atom. The quantitative estimate of drug-likeness (QED) is 0.900. The molecule has 0 aromatic heterocycles. The molecule has 1 aliphatic rings. The lowest BCUT2D eigenvalue weighted by molar-refractivity contribution is 0.00337. The highest BCUT2D eigenvalue weighted by molar-refractivity contribution is 5.30. The van der Waals surface area contributed by atoms with Gasteiger partial charge in [-0.05, 0) is 70.3 Å². The first-order chi connectivity index (χ1) is 8.91. The van der Waals surface area contributed by atoms with E-state index in [-0.39, 0.29) is 11.6 Å². The highest BCUT2D eigenvalue weighted by Gasteiger charge is 2.35. The molecule has 1 aromatic carbocycles. The molecule has 0 radical (unpaired) electrons. The molecule has 0 spiro atoms. The van der Waals surface area contributed by atoms with Crippen LogP contribution in [0.4, 0.5) is 0 Å². The highest BCUT2D eigenvalue weighted by atomic mass is 16.3. The lowest BCUT2D eigenvalue weighted by Gasteiger charge is -2.39. The Bertz CT molecular complexity index is 433. The molecule has 1 aromatic rings. The standard InChI is InChI=1S/C17H27NO/c1-13-7-8-15(11-14(13)2)12-16(19)17(3,4)18-9-5-6-10-18/h7-8,11,16,19H,5-6,9-10,12H2,1-4H3. The zero-order valence-corrected chi connectivity index (χ0v) is 12.7. The average Bonchev–Trinajstić information content (AvgIpc) is 2.88. The first-order valence-corrected chi connectivity index (χ1v) is 7.40. The van der Waals surface area contributed by atoms with E-state index in [2.05, 4.69) is 50.8 Å². The third kappa shape index (κ3) is 3.18. The molecule has 19 heavy (non-hydrogen) atoms. The first kappa shape index (κ1) is 14.5. The molecule has 1 fully saturated rings. The van der Waals surface area contributed by atoms with E-state index in [1.54, 1.807) is 0 Å². The molecule has 0 saturated carbocycles. The van der Waals surface area contributed by atoms with Crippen molar-refractivity contribution in [1.82, 2.24) is 4.90 Å². The topological polar surface area (TPSA) is 23.5 Å². The maximum atomic E-state index is 10.6. The number of benzene rings is 1. The van der Waals surface area contributed by atoms with Gasteiger partial charge in [-0.15, -0.1) is 0 Å². The number of rotatable bonds is 4. The van der Waals surface area contributed by atoms with Gasteiger partial charge in [0.2, 0.25) is 0 Å². The summed E-state index contributed by atoms with van der Waals surface area (Å²) in [4.78, 5) is 2.43. The van der Waals surface area contributed by atoms with Crippen LogP contribution in [0.3, 0.4) is 0 Å². The van der Waals surface area contributed by atoms with Crippen molar-refractivity contribution in [1.29, 1.82) is 0 Å². The molecular formula is C17H27NO. The van der Waals surface area contributed by atoms with E-state index in [0.29, 0.717) is 0 Å². The SMILES string of the molecule is Cc1ccc(CC(O)C(C)(C)N2CCCC2)cc1C. The molecule has 0 bridgehead atoms. The van der Waals surface area contributed by atoms with Crippen molar-refractivity contribution in [2.45, 2.75) is 58.6 Å². The van der Waals surface area contributed by atoms with E-state index in [0.717, 1.165) is 19.5 Å². The molecular weight excluding hydrogens is 234 g/mol. The molecule has 1 unspecified atom stereocenters. The normalized spacial score (nSPS) is 18.8. The molecule has 1 heterocycles. The Morgan fingerprint density at radius 2 is 1.79 bits per heavy atom. The summed E-state index contributed by atoms with van der Waals surface area (Å²) in [5.41, 5.74) is 3.73. The Balaban J connectivity index is 2.06. The maximum Gasteiger partial charge on any atom is 0.0758 e. The molecule has 106 valence electrons. The van der Waals surface area contributed by atoms with Gasteiger partial charge >= 0.3 is 0 Å². The van der Waals surface area contributed by atoms with Gasteiger partial charge in [-0.2, -0.15) is 0 Å². The largest absolute Gasteiger partial charge is 0.391 e. The fraction of sp³-hybridized carbons (Fsp3) is 0.647. The van der Waals surface area contributed by atoms with Gasteiger partial charge in [-0.3, -0.25) is 4.90 Å². The minimum Gasteiger partial charge on any atom is -0.391 e. The summed E-state index contributed by atoms with van der Waals surface area (Å²) in [6.07, 6.45) is 2.96. The van der Waals surface area contributed by atoms with E-state index in [1.165, 1.54) is 29.5 Å². The summed E-state index contributed by atoms with van der Waals surface area (Å²) in [6, 6.07) is 6.50. The lowest BCUT2D eigenvalue weighted by Crippen LogP contribution is -2.51. The Hall–Kier alpha value is -0.860. The summed E-state index contributed by atoms with van der Waals surface area (Å²) in [5.74, 6) is 0. The molecule has 2 heteroatoms. The monoisotopic (exact) mass is 261 g/mol. The minimum absolute atomic E-state index is 0.130. The zero-order valence-electron chi connectivity index (χ0n) is 12.7. The van der Waals surface area contributed by atoms with Crippen LogP contribution in [0.25, 0.3) is 0 Å². The molecule has 0 amide bonds. The van der Waals surface area contributed by atoms with Crippen LogP contribution < -0.4 is 0 Å². The number of hydrogen-bond acceptors (Lipinski definition) is 2. The Kier molecular flexibility index (Phi) is 4.32. The van der Waals surface area contributed by atoms with Crippen LogP contribution in [0, 0.1) is 13.8 Å². The van der Waals surface area contributed by atoms with Crippen molar-refractivity contribution >= 4 is 0 Å². The van der Waals surface area contributed by atoms with E-state index >= 15 is 0 Å². The second-order valence-electron chi connectivity index (χ2n) is 6.49. The van der Waals surface area contributed by atoms with Crippen LogP contribution in [0.1, 0.15) is 43.4 Å². The van der Waals surface area contributed by atoms with Crippen LogP contribution in [-0.4, -0.2) is 34.7 Å². The van der Waals surface area contributed by atoms with Gasteiger partial charge in [0.25, 0.3) is 0 Å². The Morgan fingerprint density at radius 3 is 2.37 bits per heavy atom. The second kappa shape index (κ2) is 5.64. The molecule has 1 saturated heterocycles. The lowest BCUT2D eigenvalue weighted by atomic mass is 9.89. The predicted octanol–water partition coefficient (Wildman–Crippen LogP) is 3.08. The molecule has 1 aliphatic heterocycles. The number of aliphatic hydroxyl groups excluding tert-OH is 1. The number of aryl methyl sites for hydroxylation is 2. The van der Waals surface area contributed by atoms with Gasteiger partial charge < -0.3 is 5.11 Å². The summed E-state index contributed by atoms with van der Waals surface area (Å²) in [5, 5.41) is 10.6. The van der Waals surface area contributed by atoms with Crippen molar-refractivity contribution < 1.29 is 5.11 Å². The summed E-state index contributed by atoms with van der Waals surface area (Å²) in [6.45, 7) is 10.8. The summed E-state index contributed by atoms with van der Waals surface area (Å²) >= 11 is 0. The van der Waals surface area contributed by atoms with Gasteiger partial charge in [0.15, 0.2) is 0 Å². The third-order valence-electron chi connectivity index (χ3n) is 4.74. The first-order valence-electron chi connectivity index (χ1n) is 7.40. The second-order valence-corrected chi connectivity index (χ2v) is 6.49. The molecule has 1 atom stereocenters. The van der Waals surface area contributed by atoms with Crippen molar-refractivity contribution in [3.05, 3.63) is 34.9 Å². The number of hydrogen-bond donors (Lipinski definition) is 1. The minimum atomic E-state index is -0.312. The van der Waals surface area contributed by atoms with Crippen molar-refractivity contribution in [3.63, 3.8) is 0 Å². The van der Waals surface area contributed by atoms with Crippen molar-refractivity contribution in [3.8, 4) is 0 Å². The summed E-state index contributed by atoms with van der Waals surface area (Å²) < 4.78 is 0. The fourth-order valence-corrected chi connectivity index (χ4v) is 2.91. The van der Waals surface area contributed by atoms with Gasteiger partial charge in [0.1, 0.15) is 0 Å². The van der Waals surface area contributed by atoms with Crippen molar-refractivity contribution in [2.24, 2.45) is 0 Å². The number of aliphatic hydroxyl groups is 1. The summed E-state index contributed by atoms with van der Waals surface area (Å²) in [7, 11) is 0. The number of nitrogens with zero attached hydrogens (tertiary/aromatic N) is 1. The van der Waals surface area contributed by atoms with Crippen LogP contribution in [-0.2, 0) is 6.42 Å². The van der Waals surface area contributed by atoms with Crippen molar-refractivity contribution in [2.75, 3.05) is 13.1 Å². The van der Waals surface area contributed by atoms with E-state index in [1.807, 2.05) is 0 Å². The van der Waals surface area contributed by atoms with Crippen LogP contribution >= 0.6 is 0 Å². The molecule has 2 rings (SSSR count). The Labute approximate surface area is 117 Å². The van der Waals surface area contributed by atoms with Gasteiger partial charge in [-0.1, -0.05) is 18.2 Å². The maximum absolute atomic E-state index is 10.6. The van der Waals surface area contributed by atoms with Crippen LogP contribution in [0.5, 0.6) is 0 Å². The van der Waals surface area contributed by atoms with Crippen LogP contribution in [0.15, 0.2) is 18.2 Å². The van der Waals surface area contributed by atoms with Crippen LogP contribution in [0.2, 0.25) is 0 Å². The number of likely N-dealkylation sites (tertiary alicyclic amines) is 1. The smallest absolute Gasteiger partial charge is 0.0758 e. The van der Waals surface area contributed by atoms with E-state index in [4.69, 9.17) is 0 Å². The zero-order chi connectivity index (χ0) is 14.0. The van der Waals surface area contributed by atoms with E-state index < -0.39 is 0 Å². The molecule has 2 nitrogen and oxygen atoms in total.